The third kappa shape index (κ3) is 5.08. The molecular formula is C20H42. The maximum Gasteiger partial charge on any atom is -0.0337 e. The first-order valence-electron chi connectivity index (χ1n) is 9.04. The van der Waals surface area contributed by atoms with Gasteiger partial charge in [-0.05, 0) is 34.5 Å². The van der Waals surface area contributed by atoms with Crippen LogP contribution in [0.15, 0.2) is 0 Å². The number of hydrogen-bond acceptors (Lipinski definition) is 0. The Bertz CT molecular complexity index is 222. The molecule has 0 spiro atoms. The van der Waals surface area contributed by atoms with Crippen molar-refractivity contribution in [3.8, 4) is 0 Å². The Balaban J connectivity index is 5.45. The molecule has 0 nitrogen and oxygen atoms in total. The largest absolute Gasteiger partial charge is 0.0651 e. The van der Waals surface area contributed by atoms with Gasteiger partial charge in [0.15, 0.2) is 0 Å². The molecule has 0 rings (SSSR count). The lowest BCUT2D eigenvalue weighted by molar-refractivity contribution is 0.0293. The maximum atomic E-state index is 2.44. The highest BCUT2D eigenvalue weighted by Gasteiger charge is 2.39. The van der Waals surface area contributed by atoms with Gasteiger partial charge in [0, 0.05) is 0 Å². The molecule has 0 aromatic carbocycles. The molecule has 0 amide bonds. The summed E-state index contributed by atoms with van der Waals surface area (Å²) in [7, 11) is 0. The van der Waals surface area contributed by atoms with Crippen LogP contribution in [-0.2, 0) is 0 Å². The molecular weight excluding hydrogens is 240 g/mol. The predicted molar refractivity (Wildman–Crippen MR) is 94.0 cm³/mol. The molecule has 0 aromatic rings. The minimum atomic E-state index is 0.430. The molecule has 0 aliphatic rings. The lowest BCUT2D eigenvalue weighted by Crippen LogP contribution is -2.39. The normalized spacial score (nSPS) is 19.5. The Morgan fingerprint density at radius 1 is 0.500 bits per heavy atom. The molecule has 4 unspecified atom stereocenters. The highest BCUT2D eigenvalue weighted by atomic mass is 14.4. The Morgan fingerprint density at radius 2 is 0.750 bits per heavy atom. The third-order valence-electron chi connectivity index (χ3n) is 5.63. The molecule has 0 aromatic heterocycles. The van der Waals surface area contributed by atoms with Gasteiger partial charge in [0.25, 0.3) is 0 Å². The van der Waals surface area contributed by atoms with Crippen LogP contribution in [0.25, 0.3) is 0 Å². The summed E-state index contributed by atoms with van der Waals surface area (Å²) in [6.07, 6.45) is 5.31. The van der Waals surface area contributed by atoms with E-state index in [-0.39, 0.29) is 0 Å². The summed E-state index contributed by atoms with van der Waals surface area (Å²) < 4.78 is 0. The summed E-state index contributed by atoms with van der Waals surface area (Å²) in [6.45, 7) is 24.2. The molecule has 0 radical (unpaired) electrons. The van der Waals surface area contributed by atoms with Gasteiger partial charge in [-0.15, -0.1) is 0 Å². The monoisotopic (exact) mass is 282 g/mol. The molecule has 4 atom stereocenters. The van der Waals surface area contributed by atoms with Crippen molar-refractivity contribution < 1.29 is 0 Å². The van der Waals surface area contributed by atoms with Gasteiger partial charge in [0.1, 0.15) is 0 Å². The molecule has 0 saturated heterocycles. The summed E-state index contributed by atoms with van der Waals surface area (Å²) in [5.74, 6) is 3.42. The topological polar surface area (TPSA) is 0 Å². The lowest BCUT2D eigenvalue weighted by atomic mass is 9.59. The molecule has 122 valence electrons. The first kappa shape index (κ1) is 20.0. The van der Waals surface area contributed by atoms with E-state index in [2.05, 4.69) is 69.2 Å². The molecule has 0 fully saturated rings. The quantitative estimate of drug-likeness (QED) is 0.464. The zero-order chi connectivity index (χ0) is 16.1. The van der Waals surface area contributed by atoms with Crippen molar-refractivity contribution in [2.75, 3.05) is 0 Å². The average molecular weight is 283 g/mol. The van der Waals surface area contributed by atoms with Gasteiger partial charge >= 0.3 is 0 Å². The molecule has 0 aliphatic carbocycles. The van der Waals surface area contributed by atoms with Crippen LogP contribution in [0.3, 0.4) is 0 Å². The molecule has 0 heterocycles. The Labute approximate surface area is 130 Å². The fourth-order valence-corrected chi connectivity index (χ4v) is 4.89. The van der Waals surface area contributed by atoms with E-state index in [4.69, 9.17) is 0 Å². The minimum Gasteiger partial charge on any atom is -0.0651 e. The zero-order valence-corrected chi connectivity index (χ0v) is 16.1. The van der Waals surface area contributed by atoms with E-state index in [9.17, 15) is 0 Å². The van der Waals surface area contributed by atoms with E-state index < -0.39 is 0 Å². The third-order valence-corrected chi connectivity index (χ3v) is 5.63. The average Bonchev–Trinajstić information content (AvgIpc) is 2.29. The van der Waals surface area contributed by atoms with Crippen molar-refractivity contribution in [2.45, 2.75) is 94.9 Å². The number of hydrogen-bond donors (Lipinski definition) is 0. The van der Waals surface area contributed by atoms with E-state index in [0.29, 0.717) is 10.8 Å². The second-order valence-corrected chi connectivity index (χ2v) is 8.91. The van der Waals surface area contributed by atoms with Gasteiger partial charge < -0.3 is 0 Å². The summed E-state index contributed by atoms with van der Waals surface area (Å²) in [5, 5.41) is 0. The second kappa shape index (κ2) is 7.85. The van der Waals surface area contributed by atoms with Crippen LogP contribution in [0.4, 0.5) is 0 Å². The van der Waals surface area contributed by atoms with Crippen LogP contribution in [-0.4, -0.2) is 0 Å². The lowest BCUT2D eigenvalue weighted by Gasteiger charge is -2.46. The summed E-state index contributed by atoms with van der Waals surface area (Å²) in [4.78, 5) is 0. The van der Waals surface area contributed by atoms with Crippen LogP contribution >= 0.6 is 0 Å². The SMILES string of the molecule is CCC(C(CC)C(CC)C(C)(C)C)C(CC)C(C)(C)C. The van der Waals surface area contributed by atoms with Gasteiger partial charge in [-0.25, -0.2) is 0 Å². The highest BCUT2D eigenvalue weighted by molar-refractivity contribution is 4.89. The molecule has 20 heavy (non-hydrogen) atoms. The van der Waals surface area contributed by atoms with Gasteiger partial charge in [-0.2, -0.15) is 0 Å². The first-order valence-corrected chi connectivity index (χ1v) is 9.04. The molecule has 0 bridgehead atoms. The van der Waals surface area contributed by atoms with Crippen molar-refractivity contribution in [1.29, 1.82) is 0 Å². The van der Waals surface area contributed by atoms with Gasteiger partial charge in [0.05, 0.1) is 0 Å². The van der Waals surface area contributed by atoms with Crippen LogP contribution < -0.4 is 0 Å². The van der Waals surface area contributed by atoms with E-state index in [1.54, 1.807) is 0 Å². The molecule has 0 heteroatoms. The van der Waals surface area contributed by atoms with Gasteiger partial charge in [-0.1, -0.05) is 94.9 Å². The summed E-state index contributed by atoms with van der Waals surface area (Å²) in [5.41, 5.74) is 0.859. The van der Waals surface area contributed by atoms with Crippen LogP contribution in [0.2, 0.25) is 0 Å². The smallest absolute Gasteiger partial charge is 0.0337 e. The predicted octanol–water partition coefficient (Wildman–Crippen LogP) is 7.18. The van der Waals surface area contributed by atoms with E-state index in [0.717, 1.165) is 23.7 Å². The van der Waals surface area contributed by atoms with Gasteiger partial charge in [0.2, 0.25) is 0 Å². The standard InChI is InChI=1S/C20H42/c1-11-15(17(13-3)19(5,6)7)16(12-2)18(14-4)20(8,9)10/h15-18H,11-14H2,1-10H3. The second-order valence-electron chi connectivity index (χ2n) is 8.91. The highest BCUT2D eigenvalue weighted by Crippen LogP contribution is 2.47. The number of rotatable bonds is 7. The fourth-order valence-electron chi connectivity index (χ4n) is 4.89. The van der Waals surface area contributed by atoms with Crippen molar-refractivity contribution >= 4 is 0 Å². The Kier molecular flexibility index (Phi) is 7.85. The van der Waals surface area contributed by atoms with Crippen LogP contribution in [0, 0.1) is 34.5 Å². The van der Waals surface area contributed by atoms with Gasteiger partial charge in [-0.3, -0.25) is 0 Å². The first-order chi connectivity index (χ1) is 9.04. The molecule has 0 N–H and O–H groups in total. The van der Waals surface area contributed by atoms with Crippen molar-refractivity contribution in [1.82, 2.24) is 0 Å². The van der Waals surface area contributed by atoms with Crippen LogP contribution in [0.1, 0.15) is 94.9 Å². The fraction of sp³-hybridized carbons (Fsp3) is 1.00. The molecule has 0 aliphatic heterocycles. The van der Waals surface area contributed by atoms with Crippen molar-refractivity contribution in [3.63, 3.8) is 0 Å². The van der Waals surface area contributed by atoms with Crippen LogP contribution in [0.5, 0.6) is 0 Å². The summed E-state index contributed by atoms with van der Waals surface area (Å²) in [6, 6.07) is 0. The maximum absolute atomic E-state index is 2.44. The molecule has 0 saturated carbocycles. The summed E-state index contributed by atoms with van der Waals surface area (Å²) >= 11 is 0. The Morgan fingerprint density at radius 3 is 0.850 bits per heavy atom. The van der Waals surface area contributed by atoms with E-state index in [1.165, 1.54) is 25.7 Å². The Hall–Kier alpha value is 0. The van der Waals surface area contributed by atoms with Crippen molar-refractivity contribution in [2.24, 2.45) is 34.5 Å². The van der Waals surface area contributed by atoms with E-state index in [1.807, 2.05) is 0 Å². The zero-order valence-electron chi connectivity index (χ0n) is 16.1. The van der Waals surface area contributed by atoms with Crippen molar-refractivity contribution in [3.05, 3.63) is 0 Å². The van der Waals surface area contributed by atoms with E-state index >= 15 is 0 Å². The minimum absolute atomic E-state index is 0.430.